The van der Waals surface area contributed by atoms with E-state index in [-0.39, 0.29) is 0 Å². The Hall–Kier alpha value is -1.24. The molecule has 0 amide bonds. The van der Waals surface area contributed by atoms with Gasteiger partial charge in [-0.15, -0.1) is 0 Å². The molecule has 0 radical (unpaired) electrons. The molecule has 2 nitrogen and oxygen atoms in total. The van der Waals surface area contributed by atoms with Crippen molar-refractivity contribution in [2.24, 2.45) is 0 Å². The number of rotatable bonds is 5. The molecule has 2 rings (SSSR count). The van der Waals surface area contributed by atoms with Crippen molar-refractivity contribution in [1.29, 1.82) is 0 Å². The minimum atomic E-state index is -3.67. The van der Waals surface area contributed by atoms with Crippen molar-refractivity contribution in [2.75, 3.05) is 6.61 Å². The van der Waals surface area contributed by atoms with Gasteiger partial charge in [-0.05, 0) is 0 Å². The molecule has 0 saturated heterocycles. The van der Waals surface area contributed by atoms with Crippen LogP contribution in [0.2, 0.25) is 0 Å². The fourth-order valence-electron chi connectivity index (χ4n) is 1.77. The predicted octanol–water partition coefficient (Wildman–Crippen LogP) is 2.10. The summed E-state index contributed by atoms with van der Waals surface area (Å²) < 4.78 is 20.6. The van der Waals surface area contributed by atoms with Crippen LogP contribution in [0.3, 0.4) is 0 Å². The summed E-state index contributed by atoms with van der Waals surface area (Å²) in [7, 11) is 0. The molecule has 0 bridgehead atoms. The zero-order chi connectivity index (χ0) is 12.8. The molecular weight excluding hydrogens is 287 g/mol. The molecule has 0 aromatic heterocycles. The van der Waals surface area contributed by atoms with E-state index in [4.69, 9.17) is 3.73 Å². The van der Waals surface area contributed by atoms with Crippen LogP contribution < -0.4 is 8.70 Å². The molecule has 2 aromatic carbocycles. The molecule has 0 atom stereocenters. The molecule has 0 aliphatic rings. The van der Waals surface area contributed by atoms with Crippen molar-refractivity contribution in [3.8, 4) is 0 Å². The Bertz CT molecular complexity index is 479. The summed E-state index contributed by atoms with van der Waals surface area (Å²) in [5.74, 6) is 0. The van der Waals surface area contributed by atoms with E-state index in [1.54, 1.807) is 0 Å². The Kier molecular flexibility index (Phi) is 4.46. The first-order valence-electron chi connectivity index (χ1n) is 6.13. The summed E-state index contributed by atoms with van der Waals surface area (Å²) >= 11 is -3.67. The molecule has 0 fully saturated rings. The molecule has 3 heteroatoms. The van der Waals surface area contributed by atoms with E-state index in [1.807, 2.05) is 67.6 Å². The Morgan fingerprint density at radius 3 is 1.72 bits per heavy atom. The third-order valence-corrected chi connectivity index (χ3v) is 7.92. The molecule has 0 aliphatic heterocycles. The van der Waals surface area contributed by atoms with Gasteiger partial charge in [0.25, 0.3) is 0 Å². The monoisotopic (exact) mass is 304 g/mol. The van der Waals surface area contributed by atoms with Crippen molar-refractivity contribution in [3.05, 3.63) is 60.7 Å². The average molecular weight is 304 g/mol. The summed E-state index contributed by atoms with van der Waals surface area (Å²) in [6, 6.07) is 19.0. The van der Waals surface area contributed by atoms with Crippen molar-refractivity contribution < 1.29 is 7.47 Å². The summed E-state index contributed by atoms with van der Waals surface area (Å²) in [5.41, 5.74) is 0. The second-order valence-electron chi connectivity index (χ2n) is 4.06. The van der Waals surface area contributed by atoms with Gasteiger partial charge in [-0.3, -0.25) is 0 Å². The average Bonchev–Trinajstić information content (AvgIpc) is 2.46. The van der Waals surface area contributed by atoms with Crippen molar-refractivity contribution in [1.82, 2.24) is 0 Å². The zero-order valence-corrected chi connectivity index (χ0v) is 12.3. The van der Waals surface area contributed by atoms with E-state index in [0.29, 0.717) is 6.61 Å². The maximum atomic E-state index is 13.2. The second kappa shape index (κ2) is 6.08. The zero-order valence-electron chi connectivity index (χ0n) is 10.5. The topological polar surface area (TPSA) is 26.3 Å². The molecule has 18 heavy (non-hydrogen) atoms. The van der Waals surface area contributed by atoms with Crippen LogP contribution in [0.5, 0.6) is 0 Å². The number of benzene rings is 2. The Labute approximate surface area is 111 Å². The van der Waals surface area contributed by atoms with Crippen LogP contribution >= 0.6 is 0 Å². The van der Waals surface area contributed by atoms with Crippen LogP contribution in [0.15, 0.2) is 60.7 Å². The molecule has 0 N–H and O–H groups in total. The Morgan fingerprint density at radius 2 is 1.33 bits per heavy atom. The fourth-order valence-corrected chi connectivity index (χ4v) is 6.31. The normalized spacial score (nSPS) is 11.4. The molecule has 0 saturated carbocycles. The SMILES string of the molecule is CCCO[As](=O)(c1ccccc1)c1ccccc1. The van der Waals surface area contributed by atoms with Crippen LogP contribution in [0, 0.1) is 0 Å². The van der Waals surface area contributed by atoms with E-state index in [2.05, 4.69) is 0 Å². The molecule has 0 aliphatic carbocycles. The van der Waals surface area contributed by atoms with Crippen molar-refractivity contribution >= 4 is 22.5 Å². The van der Waals surface area contributed by atoms with Crippen LogP contribution in [0.25, 0.3) is 0 Å². The quantitative estimate of drug-likeness (QED) is 0.791. The van der Waals surface area contributed by atoms with Crippen molar-refractivity contribution in [2.45, 2.75) is 13.3 Å². The summed E-state index contributed by atoms with van der Waals surface area (Å²) in [4.78, 5) is 0. The van der Waals surface area contributed by atoms with Gasteiger partial charge in [0.2, 0.25) is 0 Å². The van der Waals surface area contributed by atoms with E-state index in [1.165, 1.54) is 0 Å². The molecular formula is C15H17AsO2. The molecule has 0 heterocycles. The summed E-state index contributed by atoms with van der Waals surface area (Å²) in [5, 5.41) is 0. The third kappa shape index (κ3) is 2.77. The first-order valence-corrected chi connectivity index (χ1v) is 9.54. The van der Waals surface area contributed by atoms with E-state index in [0.717, 1.165) is 15.1 Å². The Morgan fingerprint density at radius 1 is 0.889 bits per heavy atom. The first-order chi connectivity index (χ1) is 8.77. The Balaban J connectivity index is 2.45. The van der Waals surface area contributed by atoms with Gasteiger partial charge in [0, 0.05) is 0 Å². The van der Waals surface area contributed by atoms with Gasteiger partial charge in [0.15, 0.2) is 0 Å². The fraction of sp³-hybridized carbons (Fsp3) is 0.200. The molecule has 0 spiro atoms. The second-order valence-corrected chi connectivity index (χ2v) is 9.08. The van der Waals surface area contributed by atoms with Gasteiger partial charge in [-0.2, -0.15) is 0 Å². The van der Waals surface area contributed by atoms with E-state index >= 15 is 0 Å². The predicted molar refractivity (Wildman–Crippen MR) is 74.8 cm³/mol. The standard InChI is InChI=1S/C15H17AsO2/c1-2-13-18-16(17,14-9-5-3-6-10-14)15-11-7-4-8-12-15/h3-12H,2,13H2,1H3. The number of hydrogen-bond acceptors (Lipinski definition) is 2. The third-order valence-electron chi connectivity index (χ3n) is 2.67. The van der Waals surface area contributed by atoms with Crippen molar-refractivity contribution in [3.63, 3.8) is 0 Å². The maximum absolute atomic E-state index is 13.2. The van der Waals surface area contributed by atoms with Gasteiger partial charge in [-0.1, -0.05) is 0 Å². The van der Waals surface area contributed by atoms with Crippen LogP contribution in [0.1, 0.15) is 13.3 Å². The molecule has 2 aromatic rings. The van der Waals surface area contributed by atoms with Crippen LogP contribution in [0.4, 0.5) is 0 Å². The van der Waals surface area contributed by atoms with E-state index in [9.17, 15) is 3.74 Å². The van der Waals surface area contributed by atoms with E-state index < -0.39 is 13.8 Å². The van der Waals surface area contributed by atoms with Gasteiger partial charge >= 0.3 is 111 Å². The first kappa shape index (κ1) is 13.2. The summed E-state index contributed by atoms with van der Waals surface area (Å²) in [6.45, 7) is 2.55. The van der Waals surface area contributed by atoms with Gasteiger partial charge in [0.05, 0.1) is 0 Å². The number of hydrogen-bond donors (Lipinski definition) is 0. The van der Waals surface area contributed by atoms with Gasteiger partial charge in [0.1, 0.15) is 0 Å². The summed E-state index contributed by atoms with van der Waals surface area (Å²) in [6.07, 6.45) is 0.866. The molecule has 0 unspecified atom stereocenters. The van der Waals surface area contributed by atoms with Gasteiger partial charge in [-0.25, -0.2) is 0 Å². The van der Waals surface area contributed by atoms with Crippen LogP contribution in [-0.2, 0) is 7.47 Å². The molecule has 94 valence electrons. The van der Waals surface area contributed by atoms with Gasteiger partial charge < -0.3 is 0 Å². The van der Waals surface area contributed by atoms with Crippen LogP contribution in [-0.4, -0.2) is 20.4 Å². The minimum absolute atomic E-state index is 0.528.